The molecule has 2 aromatic rings. The number of rotatable bonds is 3. The minimum atomic E-state index is -0.0948. The maximum atomic E-state index is 12.7. The first kappa shape index (κ1) is 16.4. The van der Waals surface area contributed by atoms with Gasteiger partial charge >= 0.3 is 0 Å². The highest BCUT2D eigenvalue weighted by molar-refractivity contribution is 8.26. The van der Waals surface area contributed by atoms with Crippen LogP contribution in [0, 0.1) is 0 Å². The van der Waals surface area contributed by atoms with Crippen molar-refractivity contribution >= 4 is 51.9 Å². The molecule has 0 bridgehead atoms. The summed E-state index contributed by atoms with van der Waals surface area (Å²) >= 11 is 12.6. The summed E-state index contributed by atoms with van der Waals surface area (Å²) in [6.45, 7) is 0.628. The highest BCUT2D eigenvalue weighted by atomic mass is 35.5. The van der Waals surface area contributed by atoms with Gasteiger partial charge in [0.05, 0.1) is 11.4 Å². The van der Waals surface area contributed by atoms with Gasteiger partial charge in [0, 0.05) is 5.02 Å². The zero-order valence-electron chi connectivity index (χ0n) is 12.9. The zero-order chi connectivity index (χ0) is 17.4. The van der Waals surface area contributed by atoms with E-state index in [9.17, 15) is 4.79 Å². The maximum absolute atomic E-state index is 12.7. The number of thiocarbonyl (C=S) groups is 1. The molecule has 0 aromatic heterocycles. The second-order valence-corrected chi connectivity index (χ2v) is 7.62. The largest absolute Gasteiger partial charge is 0.454 e. The van der Waals surface area contributed by atoms with Crippen molar-refractivity contribution in [3.05, 3.63) is 63.5 Å². The van der Waals surface area contributed by atoms with Crippen molar-refractivity contribution in [2.75, 3.05) is 6.79 Å². The van der Waals surface area contributed by atoms with E-state index >= 15 is 0 Å². The third-order valence-electron chi connectivity index (χ3n) is 3.82. The molecule has 0 N–H and O–H groups in total. The predicted octanol–water partition coefficient (Wildman–Crippen LogP) is 4.47. The highest BCUT2D eigenvalue weighted by Gasteiger charge is 2.32. The molecule has 0 unspecified atom stereocenters. The molecular formula is C18H12ClNO3S2. The normalized spacial score (nSPS) is 17.6. The molecule has 4 nitrogen and oxygen atoms in total. The Bertz CT molecular complexity index is 896. The van der Waals surface area contributed by atoms with Crippen molar-refractivity contribution in [2.45, 2.75) is 6.54 Å². The van der Waals surface area contributed by atoms with Crippen LogP contribution in [0.3, 0.4) is 0 Å². The van der Waals surface area contributed by atoms with Gasteiger partial charge in [-0.2, -0.15) is 0 Å². The summed E-state index contributed by atoms with van der Waals surface area (Å²) < 4.78 is 11.2. The van der Waals surface area contributed by atoms with Crippen LogP contribution in [0.2, 0.25) is 5.02 Å². The monoisotopic (exact) mass is 389 g/mol. The van der Waals surface area contributed by atoms with Crippen LogP contribution in [0.4, 0.5) is 0 Å². The van der Waals surface area contributed by atoms with Crippen molar-refractivity contribution < 1.29 is 14.3 Å². The lowest BCUT2D eigenvalue weighted by Gasteiger charge is -2.14. The molecule has 4 rings (SSSR count). The third kappa shape index (κ3) is 3.38. The van der Waals surface area contributed by atoms with Gasteiger partial charge in [0.1, 0.15) is 4.32 Å². The van der Waals surface area contributed by atoms with E-state index in [0.717, 1.165) is 16.9 Å². The molecule has 0 radical (unpaired) electrons. The number of hydrogen-bond donors (Lipinski definition) is 0. The summed E-state index contributed by atoms with van der Waals surface area (Å²) in [5.41, 5.74) is 1.85. The highest BCUT2D eigenvalue weighted by Crippen LogP contribution is 2.36. The number of fused-ring (bicyclic) bond motifs is 1. The molecule has 0 saturated carbocycles. The first-order valence-electron chi connectivity index (χ1n) is 7.49. The van der Waals surface area contributed by atoms with Gasteiger partial charge in [-0.1, -0.05) is 53.8 Å². The Morgan fingerprint density at radius 2 is 1.92 bits per heavy atom. The summed E-state index contributed by atoms with van der Waals surface area (Å²) in [7, 11) is 0. The van der Waals surface area contributed by atoms with Gasteiger partial charge in [-0.15, -0.1) is 0 Å². The maximum Gasteiger partial charge on any atom is 0.266 e. The molecule has 2 aliphatic heterocycles. The molecule has 2 aromatic carbocycles. The molecule has 25 heavy (non-hydrogen) atoms. The summed E-state index contributed by atoms with van der Waals surface area (Å²) in [6, 6.07) is 13.0. The second-order valence-electron chi connectivity index (χ2n) is 5.51. The summed E-state index contributed by atoms with van der Waals surface area (Å²) in [5, 5.41) is 0.660. The summed E-state index contributed by atoms with van der Waals surface area (Å²) in [6.07, 6.45) is 1.83. The van der Waals surface area contributed by atoms with Crippen LogP contribution in [0.25, 0.3) is 6.08 Å². The van der Waals surface area contributed by atoms with Gasteiger partial charge < -0.3 is 9.47 Å². The molecule has 0 aliphatic carbocycles. The van der Waals surface area contributed by atoms with Gasteiger partial charge in [0.25, 0.3) is 5.91 Å². The Morgan fingerprint density at radius 1 is 1.16 bits per heavy atom. The zero-order valence-corrected chi connectivity index (χ0v) is 15.3. The minimum Gasteiger partial charge on any atom is -0.454 e. The Morgan fingerprint density at radius 3 is 2.72 bits per heavy atom. The van der Waals surface area contributed by atoms with Crippen molar-refractivity contribution in [2.24, 2.45) is 0 Å². The fourth-order valence-electron chi connectivity index (χ4n) is 2.57. The third-order valence-corrected chi connectivity index (χ3v) is 5.45. The smallest absolute Gasteiger partial charge is 0.266 e. The minimum absolute atomic E-state index is 0.0948. The molecule has 2 heterocycles. The lowest BCUT2D eigenvalue weighted by atomic mass is 10.2. The number of nitrogens with zero attached hydrogens (tertiary/aromatic N) is 1. The molecule has 1 saturated heterocycles. The van der Waals surface area contributed by atoms with Crippen molar-refractivity contribution in [1.82, 2.24) is 4.90 Å². The Hall–Kier alpha value is -2.02. The van der Waals surface area contributed by atoms with Gasteiger partial charge in [-0.25, -0.2) is 0 Å². The summed E-state index contributed by atoms with van der Waals surface area (Å²) in [5.74, 6) is 1.32. The average Bonchev–Trinajstić information content (AvgIpc) is 3.17. The molecule has 126 valence electrons. The van der Waals surface area contributed by atoms with E-state index in [1.54, 1.807) is 17.0 Å². The second kappa shape index (κ2) is 6.71. The van der Waals surface area contributed by atoms with Crippen molar-refractivity contribution in [3.8, 4) is 11.5 Å². The first-order valence-corrected chi connectivity index (χ1v) is 9.10. The number of carbonyl (C=O) groups is 1. The molecule has 7 heteroatoms. The number of carbonyl (C=O) groups excluding carboxylic acids is 1. The van der Waals surface area contributed by atoms with E-state index in [0.29, 0.717) is 26.5 Å². The molecule has 1 fully saturated rings. The fourth-order valence-corrected chi connectivity index (χ4v) is 3.95. The number of ether oxygens (including phenoxy) is 2. The lowest BCUT2D eigenvalue weighted by Crippen LogP contribution is -2.27. The van der Waals surface area contributed by atoms with Crippen LogP contribution in [0.5, 0.6) is 11.5 Å². The molecule has 1 amide bonds. The van der Waals surface area contributed by atoms with Crippen LogP contribution < -0.4 is 9.47 Å². The van der Waals surface area contributed by atoms with E-state index in [4.69, 9.17) is 33.3 Å². The van der Waals surface area contributed by atoms with Crippen LogP contribution in [-0.2, 0) is 11.3 Å². The number of benzene rings is 2. The van der Waals surface area contributed by atoms with Crippen LogP contribution in [0.1, 0.15) is 11.1 Å². The molecule has 2 aliphatic rings. The fraction of sp³-hybridized carbons (Fsp3) is 0.111. The van der Waals surface area contributed by atoms with E-state index < -0.39 is 0 Å². The number of halogens is 1. The topological polar surface area (TPSA) is 38.8 Å². The number of thioether (sulfide) groups is 1. The standard InChI is InChI=1S/C18H12ClNO3S2/c19-13-4-1-11(2-5-13)8-16-17(21)20(18(24)25-16)9-12-3-6-14-15(7-12)23-10-22-14/h1-8H,9-10H2. The van der Waals surface area contributed by atoms with E-state index in [1.807, 2.05) is 36.4 Å². The van der Waals surface area contributed by atoms with Crippen molar-refractivity contribution in [3.63, 3.8) is 0 Å². The van der Waals surface area contributed by atoms with Crippen LogP contribution in [-0.4, -0.2) is 21.9 Å². The molecular weight excluding hydrogens is 378 g/mol. The quantitative estimate of drug-likeness (QED) is 0.572. The van der Waals surface area contributed by atoms with Gasteiger partial charge in [0.15, 0.2) is 11.5 Å². The Kier molecular flexibility index (Phi) is 4.41. The van der Waals surface area contributed by atoms with Gasteiger partial charge in [0.2, 0.25) is 6.79 Å². The lowest BCUT2D eigenvalue weighted by molar-refractivity contribution is -0.122. The van der Waals surface area contributed by atoms with Gasteiger partial charge in [-0.3, -0.25) is 9.69 Å². The average molecular weight is 390 g/mol. The van der Waals surface area contributed by atoms with Gasteiger partial charge in [-0.05, 0) is 41.5 Å². The van der Waals surface area contributed by atoms with E-state index in [2.05, 4.69) is 0 Å². The number of hydrogen-bond acceptors (Lipinski definition) is 5. The van der Waals surface area contributed by atoms with Crippen molar-refractivity contribution in [1.29, 1.82) is 0 Å². The van der Waals surface area contributed by atoms with E-state index in [1.165, 1.54) is 11.8 Å². The van der Waals surface area contributed by atoms with Crippen LogP contribution >= 0.6 is 35.6 Å². The Balaban J connectivity index is 1.54. The predicted molar refractivity (Wildman–Crippen MR) is 103 cm³/mol. The van der Waals surface area contributed by atoms with E-state index in [-0.39, 0.29) is 12.7 Å². The number of amides is 1. The van der Waals surface area contributed by atoms with Crippen LogP contribution in [0.15, 0.2) is 47.4 Å². The molecule has 0 spiro atoms. The SMILES string of the molecule is O=C1C(=Cc2ccc(Cl)cc2)SC(=S)N1Cc1ccc2c(c1)OCO2. The molecule has 0 atom stereocenters. The summed E-state index contributed by atoms with van der Waals surface area (Å²) in [4.78, 5) is 14.9. The first-order chi connectivity index (χ1) is 12.1. The Labute approximate surface area is 159 Å².